The normalized spacial score (nSPS) is 21.0. The number of Topliss-reactive ketones (excluding diaryl/α,β-unsaturated/α-hetero) is 1. The van der Waals surface area contributed by atoms with Crippen LogP contribution in [0.3, 0.4) is 0 Å². The SMILES string of the molecule is CCCCCOC(=O)C1C(C)=NC2=C(C(=O)CCC2)[C@@H]1c1ccc(C(=O)OC)cc1. The lowest BCUT2D eigenvalue weighted by atomic mass is 9.71. The van der Waals surface area contributed by atoms with Crippen LogP contribution in [-0.2, 0) is 19.1 Å². The van der Waals surface area contributed by atoms with Gasteiger partial charge < -0.3 is 9.47 Å². The zero-order valence-corrected chi connectivity index (χ0v) is 17.9. The molecule has 2 aliphatic rings. The summed E-state index contributed by atoms with van der Waals surface area (Å²) in [5, 5.41) is 0. The van der Waals surface area contributed by atoms with E-state index in [0.717, 1.165) is 43.4 Å². The number of aliphatic imine (C=N–C) groups is 1. The monoisotopic (exact) mass is 411 g/mol. The molecule has 30 heavy (non-hydrogen) atoms. The lowest BCUT2D eigenvalue weighted by Gasteiger charge is -2.34. The maximum absolute atomic E-state index is 13.0. The average Bonchev–Trinajstić information content (AvgIpc) is 2.75. The summed E-state index contributed by atoms with van der Waals surface area (Å²) in [6, 6.07) is 6.91. The molecule has 0 aromatic heterocycles. The molecule has 0 N–H and O–H groups in total. The second-order valence-electron chi connectivity index (χ2n) is 7.83. The van der Waals surface area contributed by atoms with Gasteiger partial charge in [0.2, 0.25) is 0 Å². The Kier molecular flexibility index (Phi) is 7.19. The molecule has 1 unspecified atom stereocenters. The average molecular weight is 411 g/mol. The highest BCUT2D eigenvalue weighted by atomic mass is 16.5. The number of carbonyl (C=O) groups is 3. The number of methoxy groups -OCH3 is 1. The third-order valence-corrected chi connectivity index (χ3v) is 5.77. The van der Waals surface area contributed by atoms with Crippen LogP contribution in [0.15, 0.2) is 40.5 Å². The van der Waals surface area contributed by atoms with Crippen molar-refractivity contribution in [1.29, 1.82) is 0 Å². The summed E-state index contributed by atoms with van der Waals surface area (Å²) < 4.78 is 10.3. The topological polar surface area (TPSA) is 82.0 Å². The third-order valence-electron chi connectivity index (χ3n) is 5.77. The van der Waals surface area contributed by atoms with Gasteiger partial charge in [-0.1, -0.05) is 31.9 Å². The molecule has 1 heterocycles. The standard InChI is InChI=1S/C24H29NO5/c1-4-5-6-14-30-24(28)20-15(2)25-18-8-7-9-19(26)22(18)21(20)16-10-12-17(13-11-16)23(27)29-3/h10-13,20-21H,4-9,14H2,1-3H3/t20?,21-/m1/s1. The lowest BCUT2D eigenvalue weighted by molar-refractivity contribution is -0.146. The van der Waals surface area contributed by atoms with Gasteiger partial charge in [-0.15, -0.1) is 0 Å². The predicted molar refractivity (Wildman–Crippen MR) is 113 cm³/mol. The molecule has 160 valence electrons. The van der Waals surface area contributed by atoms with Gasteiger partial charge in [0.25, 0.3) is 0 Å². The number of carbonyl (C=O) groups excluding carboxylic acids is 3. The van der Waals surface area contributed by atoms with Crippen LogP contribution in [0.4, 0.5) is 0 Å². The van der Waals surface area contributed by atoms with E-state index in [-0.39, 0.29) is 11.8 Å². The van der Waals surface area contributed by atoms with Gasteiger partial charge in [-0.25, -0.2) is 4.79 Å². The van der Waals surface area contributed by atoms with Crippen LogP contribution >= 0.6 is 0 Å². The van der Waals surface area contributed by atoms with E-state index in [1.54, 1.807) is 24.3 Å². The van der Waals surface area contributed by atoms with Crippen LogP contribution in [0.2, 0.25) is 0 Å². The second kappa shape index (κ2) is 9.83. The molecule has 6 nitrogen and oxygen atoms in total. The highest BCUT2D eigenvalue weighted by Gasteiger charge is 2.43. The Morgan fingerprint density at radius 2 is 1.87 bits per heavy atom. The largest absolute Gasteiger partial charge is 0.465 e. The van der Waals surface area contributed by atoms with Gasteiger partial charge in [0.15, 0.2) is 5.78 Å². The highest BCUT2D eigenvalue weighted by molar-refractivity contribution is 6.08. The van der Waals surface area contributed by atoms with Gasteiger partial charge in [-0.2, -0.15) is 0 Å². The molecule has 0 saturated heterocycles. The number of nitrogens with zero attached hydrogens (tertiary/aromatic N) is 1. The summed E-state index contributed by atoms with van der Waals surface area (Å²) in [5.74, 6) is -1.83. The maximum atomic E-state index is 13.0. The van der Waals surface area contributed by atoms with Crippen LogP contribution < -0.4 is 0 Å². The van der Waals surface area contributed by atoms with Crippen molar-refractivity contribution in [3.8, 4) is 0 Å². The molecule has 6 heteroatoms. The van der Waals surface area contributed by atoms with Crippen molar-refractivity contribution in [3.63, 3.8) is 0 Å². The Bertz CT molecular complexity index is 881. The van der Waals surface area contributed by atoms with E-state index in [9.17, 15) is 14.4 Å². The van der Waals surface area contributed by atoms with E-state index in [0.29, 0.717) is 29.9 Å². The number of benzene rings is 1. The van der Waals surface area contributed by atoms with Crippen LogP contribution in [0.25, 0.3) is 0 Å². The fourth-order valence-corrected chi connectivity index (χ4v) is 4.23. The van der Waals surface area contributed by atoms with Crippen molar-refractivity contribution in [2.24, 2.45) is 10.9 Å². The number of hydrogen-bond acceptors (Lipinski definition) is 6. The minimum atomic E-state index is -0.642. The molecule has 0 spiro atoms. The van der Waals surface area contributed by atoms with Crippen molar-refractivity contribution >= 4 is 23.4 Å². The summed E-state index contributed by atoms with van der Waals surface area (Å²) in [6.07, 6.45) is 4.82. The molecular weight excluding hydrogens is 382 g/mol. The van der Waals surface area contributed by atoms with Crippen LogP contribution in [0, 0.1) is 5.92 Å². The molecule has 0 amide bonds. The number of hydrogen-bond donors (Lipinski definition) is 0. The first kappa shape index (κ1) is 21.9. The van der Waals surface area contributed by atoms with Gasteiger partial charge >= 0.3 is 11.9 Å². The molecule has 0 bridgehead atoms. The van der Waals surface area contributed by atoms with Crippen molar-refractivity contribution in [2.45, 2.75) is 58.3 Å². The summed E-state index contributed by atoms with van der Waals surface area (Å²) in [4.78, 5) is 42.3. The summed E-state index contributed by atoms with van der Waals surface area (Å²) in [5.41, 5.74) is 3.29. The molecule has 1 aliphatic carbocycles. The number of allylic oxidation sites excluding steroid dienone is 2. The minimum absolute atomic E-state index is 0.0401. The molecule has 2 atom stereocenters. The first-order chi connectivity index (χ1) is 14.5. The minimum Gasteiger partial charge on any atom is -0.465 e. The molecule has 1 aromatic rings. The lowest BCUT2D eigenvalue weighted by Crippen LogP contribution is -2.37. The van der Waals surface area contributed by atoms with Crippen LogP contribution in [0.5, 0.6) is 0 Å². The maximum Gasteiger partial charge on any atom is 0.337 e. The number of rotatable bonds is 7. The van der Waals surface area contributed by atoms with Gasteiger partial charge in [-0.3, -0.25) is 14.6 Å². The number of ether oxygens (including phenoxy) is 2. The number of ketones is 1. The Balaban J connectivity index is 1.97. The summed E-state index contributed by atoms with van der Waals surface area (Å²) in [6.45, 7) is 4.29. The fourth-order valence-electron chi connectivity index (χ4n) is 4.23. The highest BCUT2D eigenvalue weighted by Crippen LogP contribution is 2.43. The molecule has 0 saturated carbocycles. The van der Waals surface area contributed by atoms with E-state index in [2.05, 4.69) is 11.9 Å². The van der Waals surface area contributed by atoms with Crippen molar-refractivity contribution in [2.75, 3.05) is 13.7 Å². The van der Waals surface area contributed by atoms with Crippen LogP contribution in [-0.4, -0.2) is 37.2 Å². The Morgan fingerprint density at radius 3 is 2.53 bits per heavy atom. The molecule has 0 fully saturated rings. The third kappa shape index (κ3) is 4.53. The van der Waals surface area contributed by atoms with Crippen molar-refractivity contribution < 1.29 is 23.9 Å². The zero-order valence-electron chi connectivity index (χ0n) is 17.9. The first-order valence-electron chi connectivity index (χ1n) is 10.6. The van der Waals surface area contributed by atoms with Gasteiger partial charge in [-0.05, 0) is 43.9 Å². The predicted octanol–water partition coefficient (Wildman–Crippen LogP) is 4.39. The Morgan fingerprint density at radius 1 is 1.13 bits per heavy atom. The number of unbranched alkanes of at least 4 members (excludes halogenated alkanes) is 2. The molecule has 1 aromatic carbocycles. The summed E-state index contributed by atoms with van der Waals surface area (Å²) >= 11 is 0. The van der Waals surface area contributed by atoms with E-state index >= 15 is 0 Å². The second-order valence-corrected chi connectivity index (χ2v) is 7.83. The zero-order chi connectivity index (χ0) is 21.7. The van der Waals surface area contributed by atoms with Crippen LogP contribution in [0.1, 0.15) is 74.2 Å². The summed E-state index contributed by atoms with van der Waals surface area (Å²) in [7, 11) is 1.33. The van der Waals surface area contributed by atoms with E-state index in [4.69, 9.17) is 9.47 Å². The smallest absolute Gasteiger partial charge is 0.337 e. The van der Waals surface area contributed by atoms with E-state index in [1.165, 1.54) is 7.11 Å². The molecule has 0 radical (unpaired) electrons. The Hall–Kier alpha value is -2.76. The quantitative estimate of drug-likeness (QED) is 0.491. The Labute approximate surface area is 177 Å². The van der Waals surface area contributed by atoms with E-state index in [1.807, 2.05) is 6.92 Å². The van der Waals surface area contributed by atoms with Gasteiger partial charge in [0.1, 0.15) is 5.92 Å². The van der Waals surface area contributed by atoms with Crippen molar-refractivity contribution in [3.05, 3.63) is 46.7 Å². The van der Waals surface area contributed by atoms with E-state index < -0.39 is 17.8 Å². The molecule has 3 rings (SSSR count). The van der Waals surface area contributed by atoms with Gasteiger partial charge in [0, 0.05) is 29.3 Å². The molecule has 1 aliphatic heterocycles. The van der Waals surface area contributed by atoms with Gasteiger partial charge in [0.05, 0.1) is 19.3 Å². The first-order valence-corrected chi connectivity index (χ1v) is 10.6. The molecular formula is C24H29NO5. The van der Waals surface area contributed by atoms with Crippen molar-refractivity contribution in [1.82, 2.24) is 0 Å². The number of esters is 2. The fraction of sp³-hybridized carbons (Fsp3) is 0.500.